The van der Waals surface area contributed by atoms with Crippen LogP contribution in [0.5, 0.6) is 5.75 Å². The molecule has 2 N–H and O–H groups in total. The third kappa shape index (κ3) is 3.35. The molecule has 2 aromatic rings. The molecule has 0 bridgehead atoms. The van der Waals surface area contributed by atoms with Gasteiger partial charge in [0.05, 0.1) is 6.61 Å². The first-order chi connectivity index (χ1) is 9.08. The summed E-state index contributed by atoms with van der Waals surface area (Å²) in [5.74, 6) is 1.89. The molecule has 0 saturated heterocycles. The maximum atomic E-state index is 5.98. The molecule has 0 unspecified atom stereocenters. The molecule has 1 atom stereocenters. The Labute approximate surface area is 114 Å². The normalized spacial score (nSPS) is 12.4. The molecule has 2 rings (SSSR count). The van der Waals surface area contributed by atoms with Crippen molar-refractivity contribution in [3.8, 4) is 5.75 Å². The van der Waals surface area contributed by atoms with Gasteiger partial charge in [-0.2, -0.15) is 0 Å². The molecule has 0 spiro atoms. The van der Waals surface area contributed by atoms with Crippen LogP contribution in [0.3, 0.4) is 0 Å². The number of aromatic nitrogens is 2. The van der Waals surface area contributed by atoms with Gasteiger partial charge in [-0.3, -0.25) is 0 Å². The predicted octanol–water partition coefficient (Wildman–Crippen LogP) is 2.37. The molecule has 1 aromatic heterocycles. The van der Waals surface area contributed by atoms with Crippen molar-refractivity contribution in [2.24, 2.45) is 12.8 Å². The highest BCUT2D eigenvalue weighted by Gasteiger charge is 2.09. The van der Waals surface area contributed by atoms with Gasteiger partial charge in [0.1, 0.15) is 11.6 Å². The highest BCUT2D eigenvalue weighted by atomic mass is 16.5. The maximum Gasteiger partial charge on any atom is 0.124 e. The second-order valence-electron chi connectivity index (χ2n) is 4.88. The Bertz CT molecular complexity index is 546. The molecule has 4 heteroatoms. The fourth-order valence-corrected chi connectivity index (χ4v) is 2.04. The quantitative estimate of drug-likeness (QED) is 0.897. The fourth-order valence-electron chi connectivity index (χ4n) is 2.04. The van der Waals surface area contributed by atoms with E-state index in [0.29, 0.717) is 6.61 Å². The van der Waals surface area contributed by atoms with Crippen molar-refractivity contribution in [1.29, 1.82) is 0 Å². The van der Waals surface area contributed by atoms with Crippen molar-refractivity contribution >= 4 is 0 Å². The number of aryl methyl sites for hydroxylation is 2. The number of benzene rings is 1. The molecule has 102 valence electrons. The minimum atomic E-state index is -0.0249. The van der Waals surface area contributed by atoms with Crippen LogP contribution in [0.15, 0.2) is 30.6 Å². The molecular weight excluding hydrogens is 238 g/mol. The van der Waals surface area contributed by atoms with Gasteiger partial charge in [0, 0.05) is 37.5 Å². The van der Waals surface area contributed by atoms with Crippen molar-refractivity contribution in [3.63, 3.8) is 0 Å². The zero-order valence-electron chi connectivity index (χ0n) is 11.8. The lowest BCUT2D eigenvalue weighted by molar-refractivity contribution is 0.313. The number of hydrogen-bond donors (Lipinski definition) is 1. The molecule has 0 aliphatic rings. The molecular formula is C15H21N3O. The average molecular weight is 259 g/mol. The van der Waals surface area contributed by atoms with Crippen LogP contribution in [-0.4, -0.2) is 16.2 Å². The van der Waals surface area contributed by atoms with E-state index >= 15 is 0 Å². The van der Waals surface area contributed by atoms with E-state index < -0.39 is 0 Å². The number of ether oxygens (including phenoxy) is 1. The summed E-state index contributed by atoms with van der Waals surface area (Å²) in [7, 11) is 1.99. The second kappa shape index (κ2) is 5.89. The highest BCUT2D eigenvalue weighted by Crippen LogP contribution is 2.25. The molecule has 0 amide bonds. The van der Waals surface area contributed by atoms with E-state index in [2.05, 4.69) is 18.0 Å². The minimum absolute atomic E-state index is 0.0249. The van der Waals surface area contributed by atoms with Gasteiger partial charge in [0.25, 0.3) is 0 Å². The van der Waals surface area contributed by atoms with Crippen molar-refractivity contribution < 1.29 is 4.74 Å². The summed E-state index contributed by atoms with van der Waals surface area (Å²) in [5, 5.41) is 0. The van der Waals surface area contributed by atoms with E-state index in [1.807, 2.05) is 36.9 Å². The first kappa shape index (κ1) is 13.6. The summed E-state index contributed by atoms with van der Waals surface area (Å²) in [6.07, 6.45) is 4.53. The van der Waals surface area contributed by atoms with Crippen LogP contribution in [0.4, 0.5) is 0 Å². The lowest BCUT2D eigenvalue weighted by atomic mass is 10.1. The number of nitrogens with two attached hydrogens (primary N) is 1. The van der Waals surface area contributed by atoms with Gasteiger partial charge in [-0.15, -0.1) is 0 Å². The van der Waals surface area contributed by atoms with Gasteiger partial charge in [0.2, 0.25) is 0 Å². The lowest BCUT2D eigenvalue weighted by Gasteiger charge is -2.14. The van der Waals surface area contributed by atoms with E-state index in [9.17, 15) is 0 Å². The molecule has 4 nitrogen and oxygen atoms in total. The predicted molar refractivity (Wildman–Crippen MR) is 76.2 cm³/mol. The van der Waals surface area contributed by atoms with Crippen LogP contribution in [0.1, 0.15) is 29.9 Å². The van der Waals surface area contributed by atoms with E-state index in [-0.39, 0.29) is 6.04 Å². The Morgan fingerprint density at radius 1 is 1.42 bits per heavy atom. The largest absolute Gasteiger partial charge is 0.493 e. The lowest BCUT2D eigenvalue weighted by Crippen LogP contribution is -2.11. The summed E-state index contributed by atoms with van der Waals surface area (Å²) in [6.45, 7) is 4.64. The van der Waals surface area contributed by atoms with Crippen molar-refractivity contribution in [2.45, 2.75) is 26.3 Å². The Balaban J connectivity index is 2.01. The molecule has 0 saturated carbocycles. The van der Waals surface area contributed by atoms with Crippen LogP contribution in [0.25, 0.3) is 0 Å². The maximum absolute atomic E-state index is 5.98. The molecule has 19 heavy (non-hydrogen) atoms. The van der Waals surface area contributed by atoms with Gasteiger partial charge in [-0.05, 0) is 19.9 Å². The molecule has 1 aromatic carbocycles. The van der Waals surface area contributed by atoms with Crippen LogP contribution in [-0.2, 0) is 13.5 Å². The minimum Gasteiger partial charge on any atom is -0.493 e. The standard InChI is InChI=1S/C15H21N3O/c1-11-4-5-14(13(10-11)12(2)16)19-9-6-15-17-7-8-18(15)3/h4-5,7-8,10,12H,6,9,16H2,1-3H3/t12-/m0/s1. The molecule has 1 heterocycles. The summed E-state index contributed by atoms with van der Waals surface area (Å²) in [5.41, 5.74) is 8.23. The first-order valence-electron chi connectivity index (χ1n) is 6.53. The number of nitrogens with zero attached hydrogens (tertiary/aromatic N) is 2. The van der Waals surface area contributed by atoms with Gasteiger partial charge < -0.3 is 15.0 Å². The zero-order chi connectivity index (χ0) is 13.8. The molecule has 0 radical (unpaired) electrons. The number of hydrogen-bond acceptors (Lipinski definition) is 3. The Hall–Kier alpha value is -1.81. The topological polar surface area (TPSA) is 53.1 Å². The number of imidazole rings is 1. The Morgan fingerprint density at radius 2 is 2.21 bits per heavy atom. The van der Waals surface area contributed by atoms with Gasteiger partial charge in [0.15, 0.2) is 0 Å². The molecule has 0 aliphatic carbocycles. The summed E-state index contributed by atoms with van der Waals surface area (Å²) < 4.78 is 7.85. The third-order valence-electron chi connectivity index (χ3n) is 3.16. The Kier molecular flexibility index (Phi) is 4.22. The monoisotopic (exact) mass is 259 g/mol. The van der Waals surface area contributed by atoms with Crippen LogP contribution in [0, 0.1) is 6.92 Å². The summed E-state index contributed by atoms with van der Waals surface area (Å²) in [4.78, 5) is 4.28. The van der Waals surface area contributed by atoms with Crippen LogP contribution in [0.2, 0.25) is 0 Å². The first-order valence-corrected chi connectivity index (χ1v) is 6.53. The summed E-state index contributed by atoms with van der Waals surface area (Å²) in [6, 6.07) is 6.10. The van der Waals surface area contributed by atoms with E-state index in [4.69, 9.17) is 10.5 Å². The summed E-state index contributed by atoms with van der Waals surface area (Å²) >= 11 is 0. The second-order valence-corrected chi connectivity index (χ2v) is 4.88. The third-order valence-corrected chi connectivity index (χ3v) is 3.16. The van der Waals surface area contributed by atoms with Crippen LogP contribution >= 0.6 is 0 Å². The van der Waals surface area contributed by atoms with Crippen molar-refractivity contribution in [3.05, 3.63) is 47.5 Å². The fraction of sp³-hybridized carbons (Fsp3) is 0.400. The van der Waals surface area contributed by atoms with Crippen LogP contribution < -0.4 is 10.5 Å². The number of rotatable bonds is 5. The smallest absolute Gasteiger partial charge is 0.124 e. The van der Waals surface area contributed by atoms with Gasteiger partial charge >= 0.3 is 0 Å². The van der Waals surface area contributed by atoms with E-state index in [1.54, 1.807) is 6.20 Å². The van der Waals surface area contributed by atoms with Gasteiger partial charge in [-0.1, -0.05) is 17.7 Å². The van der Waals surface area contributed by atoms with E-state index in [1.165, 1.54) is 5.56 Å². The Morgan fingerprint density at radius 3 is 2.84 bits per heavy atom. The highest BCUT2D eigenvalue weighted by molar-refractivity contribution is 5.38. The average Bonchev–Trinajstić information content (AvgIpc) is 2.77. The molecule has 0 fully saturated rings. The zero-order valence-corrected chi connectivity index (χ0v) is 11.8. The van der Waals surface area contributed by atoms with Gasteiger partial charge in [-0.25, -0.2) is 4.98 Å². The van der Waals surface area contributed by atoms with Crippen molar-refractivity contribution in [2.75, 3.05) is 6.61 Å². The SMILES string of the molecule is Cc1ccc(OCCc2nccn2C)c([C@H](C)N)c1. The van der Waals surface area contributed by atoms with Crippen molar-refractivity contribution in [1.82, 2.24) is 9.55 Å². The van der Waals surface area contributed by atoms with E-state index in [0.717, 1.165) is 23.6 Å². The molecule has 0 aliphatic heterocycles.